The highest BCUT2D eigenvalue weighted by molar-refractivity contribution is 5.86. The van der Waals surface area contributed by atoms with E-state index in [1.807, 2.05) is 12.4 Å². The van der Waals surface area contributed by atoms with Gasteiger partial charge in [-0.15, -0.1) is 0 Å². The minimum absolute atomic E-state index is 0.117. The van der Waals surface area contributed by atoms with Crippen molar-refractivity contribution in [3.63, 3.8) is 0 Å². The number of benzene rings is 1. The molecule has 0 saturated heterocycles. The first-order chi connectivity index (χ1) is 14.3. The van der Waals surface area contributed by atoms with E-state index in [0.29, 0.717) is 17.8 Å². The lowest BCUT2D eigenvalue weighted by molar-refractivity contribution is 0.133. The van der Waals surface area contributed by atoms with Gasteiger partial charge in [-0.25, -0.2) is 0 Å². The maximum Gasteiger partial charge on any atom is 0.0577 e. The van der Waals surface area contributed by atoms with E-state index in [1.165, 1.54) is 47.6 Å². The molecule has 1 heterocycles. The Morgan fingerprint density at radius 2 is 1.83 bits per heavy atom. The number of allylic oxidation sites excluding steroid dienone is 5. The quantitative estimate of drug-likeness (QED) is 0.647. The number of hydrogen-bond donors (Lipinski definition) is 1. The highest BCUT2D eigenvalue weighted by atomic mass is 16.3. The summed E-state index contributed by atoms with van der Waals surface area (Å²) in [6, 6.07) is 8.98. The zero-order valence-electron chi connectivity index (χ0n) is 16.9. The van der Waals surface area contributed by atoms with Crippen molar-refractivity contribution in [2.45, 2.75) is 51.0 Å². The third-order valence-electron chi connectivity index (χ3n) is 8.07. The van der Waals surface area contributed by atoms with Gasteiger partial charge in [0.1, 0.15) is 0 Å². The first-order valence-corrected chi connectivity index (χ1v) is 11.4. The molecular formula is C27H29NO. The molecule has 2 nitrogen and oxygen atoms in total. The maximum atomic E-state index is 10.1. The summed E-state index contributed by atoms with van der Waals surface area (Å²) in [5.41, 5.74) is 6.05. The van der Waals surface area contributed by atoms with Gasteiger partial charge in [0, 0.05) is 17.8 Å². The third kappa shape index (κ3) is 3.00. The van der Waals surface area contributed by atoms with Gasteiger partial charge >= 0.3 is 0 Å². The van der Waals surface area contributed by atoms with Crippen LogP contribution < -0.4 is 0 Å². The van der Waals surface area contributed by atoms with Gasteiger partial charge in [0.05, 0.1) is 6.10 Å². The summed E-state index contributed by atoms with van der Waals surface area (Å²) in [5, 5.41) is 12.7. The van der Waals surface area contributed by atoms with Crippen LogP contribution in [0.3, 0.4) is 0 Å². The standard InChI is InChI=1S/C27H29NO/c29-23-6-3-17-4-7-24-20(13-21(17)15-23)5-8-26-25(9-10-27(24)26)19-2-1-18-11-12-28-16-22(18)14-19/h1-2,5,9,11-14,16-17,23-24,26-27,29H,3-4,6-8,10,15H2. The van der Waals surface area contributed by atoms with E-state index in [0.717, 1.165) is 25.2 Å². The number of rotatable bonds is 1. The van der Waals surface area contributed by atoms with Crippen molar-refractivity contribution in [1.82, 2.24) is 4.98 Å². The average molecular weight is 384 g/mol. The van der Waals surface area contributed by atoms with Crippen LogP contribution in [0, 0.1) is 23.7 Å². The van der Waals surface area contributed by atoms with Gasteiger partial charge in [-0.05, 0) is 103 Å². The summed E-state index contributed by atoms with van der Waals surface area (Å²) in [6.45, 7) is 0. The number of aromatic nitrogens is 1. The number of fused-ring (bicyclic) bond motifs is 5. The summed E-state index contributed by atoms with van der Waals surface area (Å²) in [6.07, 6.45) is 19.4. The van der Waals surface area contributed by atoms with E-state index >= 15 is 0 Å². The Labute approximate surface area is 173 Å². The third-order valence-corrected chi connectivity index (χ3v) is 8.07. The Kier molecular flexibility index (Phi) is 4.23. The van der Waals surface area contributed by atoms with E-state index < -0.39 is 0 Å². The topological polar surface area (TPSA) is 33.1 Å². The molecule has 1 N–H and O–H groups in total. The summed E-state index contributed by atoms with van der Waals surface area (Å²) < 4.78 is 0. The molecule has 4 aliphatic rings. The van der Waals surface area contributed by atoms with E-state index in [9.17, 15) is 5.11 Å². The smallest absolute Gasteiger partial charge is 0.0577 e. The van der Waals surface area contributed by atoms with Crippen molar-refractivity contribution in [2.75, 3.05) is 0 Å². The lowest BCUT2D eigenvalue weighted by atomic mass is 9.69. The molecule has 2 aromatic rings. The fourth-order valence-corrected chi connectivity index (χ4v) is 6.58. The van der Waals surface area contributed by atoms with Crippen LogP contribution in [0.2, 0.25) is 0 Å². The minimum Gasteiger partial charge on any atom is -0.393 e. The van der Waals surface area contributed by atoms with Gasteiger partial charge < -0.3 is 5.11 Å². The molecular weight excluding hydrogens is 354 g/mol. The predicted molar refractivity (Wildman–Crippen MR) is 118 cm³/mol. The zero-order valence-corrected chi connectivity index (χ0v) is 16.9. The molecule has 2 heteroatoms. The molecule has 1 saturated carbocycles. The first kappa shape index (κ1) is 17.7. The number of aliphatic hydroxyl groups excluding tert-OH is 1. The molecule has 148 valence electrons. The molecule has 0 bridgehead atoms. The van der Waals surface area contributed by atoms with Gasteiger partial charge in [-0.1, -0.05) is 35.9 Å². The first-order valence-electron chi connectivity index (χ1n) is 11.4. The van der Waals surface area contributed by atoms with Gasteiger partial charge in [-0.2, -0.15) is 0 Å². The van der Waals surface area contributed by atoms with Crippen LogP contribution in [0.15, 0.2) is 66.0 Å². The largest absolute Gasteiger partial charge is 0.393 e. The SMILES string of the molecule is OC1CCC2CCC3C(=CCC4C(c5ccc6ccncc6c5)=CCC34)C=C2C1. The number of pyridine rings is 1. The van der Waals surface area contributed by atoms with Crippen molar-refractivity contribution in [3.8, 4) is 0 Å². The Bertz CT molecular complexity index is 1050. The number of aliphatic hydroxyl groups is 1. The monoisotopic (exact) mass is 383 g/mol. The molecule has 5 unspecified atom stereocenters. The zero-order chi connectivity index (χ0) is 19.4. The van der Waals surface area contributed by atoms with Gasteiger partial charge in [0.15, 0.2) is 0 Å². The molecule has 6 rings (SSSR count). The highest BCUT2D eigenvalue weighted by Crippen LogP contribution is 2.53. The summed E-state index contributed by atoms with van der Waals surface area (Å²) in [7, 11) is 0. The van der Waals surface area contributed by atoms with Gasteiger partial charge in [-0.3, -0.25) is 4.98 Å². The van der Waals surface area contributed by atoms with Crippen molar-refractivity contribution in [3.05, 3.63) is 71.6 Å². The van der Waals surface area contributed by atoms with Crippen molar-refractivity contribution < 1.29 is 5.11 Å². The second-order valence-electron chi connectivity index (χ2n) is 9.58. The molecule has 1 aromatic heterocycles. The molecule has 1 aromatic carbocycles. The van der Waals surface area contributed by atoms with Crippen LogP contribution in [0.5, 0.6) is 0 Å². The maximum absolute atomic E-state index is 10.1. The molecule has 0 amide bonds. The van der Waals surface area contributed by atoms with E-state index in [2.05, 4.69) is 47.5 Å². The lowest BCUT2D eigenvalue weighted by Crippen LogP contribution is -2.25. The lowest BCUT2D eigenvalue weighted by Gasteiger charge is -2.35. The molecule has 1 fully saturated rings. The van der Waals surface area contributed by atoms with Gasteiger partial charge in [0.25, 0.3) is 0 Å². The Morgan fingerprint density at radius 3 is 2.79 bits per heavy atom. The van der Waals surface area contributed by atoms with E-state index in [1.54, 1.807) is 11.1 Å². The normalized spacial score (nSPS) is 33.7. The minimum atomic E-state index is -0.117. The Hall–Kier alpha value is -2.19. The Morgan fingerprint density at radius 1 is 0.897 bits per heavy atom. The van der Waals surface area contributed by atoms with Crippen LogP contribution in [-0.2, 0) is 0 Å². The van der Waals surface area contributed by atoms with Crippen LogP contribution in [0.4, 0.5) is 0 Å². The molecule has 4 aliphatic carbocycles. The fourth-order valence-electron chi connectivity index (χ4n) is 6.58. The Balaban J connectivity index is 1.30. The average Bonchev–Trinajstić information content (AvgIpc) is 3.09. The van der Waals surface area contributed by atoms with Gasteiger partial charge in [0.2, 0.25) is 0 Å². The van der Waals surface area contributed by atoms with E-state index in [4.69, 9.17) is 0 Å². The molecule has 0 aliphatic heterocycles. The second kappa shape index (κ2) is 6.95. The summed E-state index contributed by atoms with van der Waals surface area (Å²) in [4.78, 5) is 4.31. The fraction of sp³-hybridized carbons (Fsp3) is 0.444. The molecule has 0 radical (unpaired) electrons. The second-order valence-corrected chi connectivity index (χ2v) is 9.58. The van der Waals surface area contributed by atoms with Crippen molar-refractivity contribution >= 4 is 16.3 Å². The predicted octanol–water partition coefficient (Wildman–Crippen LogP) is 6.08. The number of nitrogens with zero attached hydrogens (tertiary/aromatic N) is 1. The number of hydrogen-bond acceptors (Lipinski definition) is 2. The van der Waals surface area contributed by atoms with Crippen LogP contribution in [0.25, 0.3) is 16.3 Å². The summed E-state index contributed by atoms with van der Waals surface area (Å²) >= 11 is 0. The summed E-state index contributed by atoms with van der Waals surface area (Å²) in [5.74, 6) is 2.81. The molecule has 0 spiro atoms. The van der Waals surface area contributed by atoms with E-state index in [-0.39, 0.29) is 6.10 Å². The van der Waals surface area contributed by atoms with Crippen LogP contribution in [0.1, 0.15) is 50.5 Å². The van der Waals surface area contributed by atoms with Crippen LogP contribution in [-0.4, -0.2) is 16.2 Å². The molecule has 5 atom stereocenters. The van der Waals surface area contributed by atoms with Crippen molar-refractivity contribution in [1.29, 1.82) is 0 Å². The molecule has 29 heavy (non-hydrogen) atoms. The van der Waals surface area contributed by atoms with Crippen LogP contribution >= 0.6 is 0 Å². The van der Waals surface area contributed by atoms with Crippen molar-refractivity contribution in [2.24, 2.45) is 23.7 Å². The highest BCUT2D eigenvalue weighted by Gasteiger charge is 2.41.